The number of likely N-dealkylation sites (tertiary alicyclic amines) is 1. The summed E-state index contributed by atoms with van der Waals surface area (Å²) >= 11 is 5.51. The van der Waals surface area contributed by atoms with Crippen molar-refractivity contribution in [2.75, 3.05) is 24.6 Å². The van der Waals surface area contributed by atoms with E-state index in [0.717, 1.165) is 22.4 Å². The molecule has 3 heterocycles. The SMILES string of the molecule is C=CCN(Cc1ccccc1)C(=O)[C@H]1[C@@H]2SC3(CC2Br)C(C(=O)N(CC=C)c2c(C)cccc2C)N([C@@H](CO)C(C)C)C(=O)[C@H]13. The molecule has 45 heavy (non-hydrogen) atoms. The van der Waals surface area contributed by atoms with Crippen LogP contribution in [0.5, 0.6) is 0 Å². The van der Waals surface area contributed by atoms with Crippen molar-refractivity contribution in [3.8, 4) is 0 Å². The Morgan fingerprint density at radius 1 is 1.07 bits per heavy atom. The van der Waals surface area contributed by atoms with E-state index >= 15 is 4.79 Å². The number of aliphatic hydroxyl groups is 1. The summed E-state index contributed by atoms with van der Waals surface area (Å²) in [5.74, 6) is -1.94. The largest absolute Gasteiger partial charge is 0.394 e. The van der Waals surface area contributed by atoms with Crippen molar-refractivity contribution in [3.63, 3.8) is 0 Å². The standard InChI is InChI=1S/C36H44BrN3O4S/c1-7-17-38(20-25-15-10-9-11-16-25)33(42)28-29-34(43)40(27(21-41)22(3)4)32(36(29)19-26(37)31(28)45-36)35(44)39(18-8-2)30-23(5)13-12-14-24(30)6/h7-16,22,26-29,31-32,41H,1-2,17-21H2,3-6H3/t26?,27-,28+,29-,31+,32?,36?/m0/s1. The normalized spacial score (nSPS) is 27.4. The second-order valence-corrected chi connectivity index (χ2v) is 15.6. The summed E-state index contributed by atoms with van der Waals surface area (Å²) in [7, 11) is 0. The molecule has 2 aromatic carbocycles. The van der Waals surface area contributed by atoms with Gasteiger partial charge in [0, 0.05) is 35.4 Å². The van der Waals surface area contributed by atoms with Gasteiger partial charge in [0.25, 0.3) is 5.91 Å². The molecule has 5 rings (SSSR count). The highest BCUT2D eigenvalue weighted by Crippen LogP contribution is 2.68. The number of hydrogen-bond acceptors (Lipinski definition) is 5. The van der Waals surface area contributed by atoms with E-state index in [1.165, 1.54) is 0 Å². The Morgan fingerprint density at radius 2 is 1.71 bits per heavy atom. The first-order chi connectivity index (χ1) is 21.5. The number of benzene rings is 2. The summed E-state index contributed by atoms with van der Waals surface area (Å²) in [4.78, 5) is 49.6. The highest BCUT2D eigenvalue weighted by atomic mass is 79.9. The number of amides is 3. The Morgan fingerprint density at radius 3 is 2.29 bits per heavy atom. The van der Waals surface area contributed by atoms with Crippen molar-refractivity contribution in [1.82, 2.24) is 9.80 Å². The monoisotopic (exact) mass is 693 g/mol. The minimum Gasteiger partial charge on any atom is -0.394 e. The summed E-state index contributed by atoms with van der Waals surface area (Å²) in [5.41, 5.74) is 3.71. The Labute approximate surface area is 279 Å². The number of nitrogens with zero attached hydrogens (tertiary/aromatic N) is 3. The number of carbonyl (C=O) groups is 3. The van der Waals surface area contributed by atoms with E-state index in [0.29, 0.717) is 19.5 Å². The van der Waals surface area contributed by atoms with Gasteiger partial charge in [-0.25, -0.2) is 0 Å². The molecule has 7 atom stereocenters. The van der Waals surface area contributed by atoms with E-state index < -0.39 is 28.7 Å². The maximum Gasteiger partial charge on any atom is 0.251 e. The average molecular weight is 695 g/mol. The van der Waals surface area contributed by atoms with Crippen LogP contribution in [0.2, 0.25) is 0 Å². The number of halogens is 1. The summed E-state index contributed by atoms with van der Waals surface area (Å²) in [6.07, 6.45) is 4.00. The molecule has 7 nitrogen and oxygen atoms in total. The minimum absolute atomic E-state index is 0.0577. The van der Waals surface area contributed by atoms with Gasteiger partial charge in [0.05, 0.1) is 29.2 Å². The smallest absolute Gasteiger partial charge is 0.251 e. The molecular formula is C36H44BrN3O4S. The van der Waals surface area contributed by atoms with Crippen molar-refractivity contribution in [2.45, 2.75) is 67.6 Å². The molecule has 3 fully saturated rings. The molecule has 1 N–H and O–H groups in total. The second-order valence-electron chi connectivity index (χ2n) is 12.9. The average Bonchev–Trinajstić information content (AvgIpc) is 3.60. The molecule has 0 aromatic heterocycles. The van der Waals surface area contributed by atoms with Crippen LogP contribution in [0, 0.1) is 31.6 Å². The fraction of sp³-hybridized carbons (Fsp3) is 0.472. The van der Waals surface area contributed by atoms with Gasteiger partial charge in [0.2, 0.25) is 11.8 Å². The van der Waals surface area contributed by atoms with Crippen LogP contribution in [0.15, 0.2) is 73.8 Å². The number of fused-ring (bicyclic) bond motifs is 1. The number of aryl methyl sites for hydroxylation is 2. The van der Waals surface area contributed by atoms with Crippen LogP contribution in [0.25, 0.3) is 0 Å². The van der Waals surface area contributed by atoms with Crippen molar-refractivity contribution < 1.29 is 19.5 Å². The van der Waals surface area contributed by atoms with Crippen LogP contribution in [0.1, 0.15) is 37.0 Å². The first kappa shape index (κ1) is 33.5. The maximum absolute atomic E-state index is 15.1. The molecular weight excluding hydrogens is 650 g/mol. The quantitative estimate of drug-likeness (QED) is 0.234. The predicted molar refractivity (Wildman–Crippen MR) is 185 cm³/mol. The van der Waals surface area contributed by atoms with E-state index in [9.17, 15) is 14.7 Å². The number of carbonyl (C=O) groups excluding carboxylic acids is 3. The lowest BCUT2D eigenvalue weighted by Gasteiger charge is -2.41. The van der Waals surface area contributed by atoms with E-state index in [1.807, 2.05) is 76.2 Å². The third-order valence-corrected chi connectivity index (χ3v) is 12.9. The predicted octanol–water partition coefficient (Wildman–Crippen LogP) is 5.52. The Kier molecular flexibility index (Phi) is 10.0. The molecule has 0 aliphatic carbocycles. The Balaban J connectivity index is 1.62. The number of hydrogen-bond donors (Lipinski definition) is 1. The van der Waals surface area contributed by atoms with Gasteiger partial charge < -0.3 is 19.8 Å². The summed E-state index contributed by atoms with van der Waals surface area (Å²) in [5, 5.41) is 10.5. The van der Waals surface area contributed by atoms with E-state index in [1.54, 1.807) is 38.6 Å². The van der Waals surface area contributed by atoms with Gasteiger partial charge in [-0.2, -0.15) is 0 Å². The number of rotatable bonds is 12. The lowest BCUT2D eigenvalue weighted by Crippen LogP contribution is -2.59. The molecule has 2 bridgehead atoms. The first-order valence-corrected chi connectivity index (χ1v) is 17.5. The van der Waals surface area contributed by atoms with Crippen molar-refractivity contribution in [3.05, 3.63) is 90.5 Å². The molecule has 9 heteroatoms. The van der Waals surface area contributed by atoms with Gasteiger partial charge in [0.1, 0.15) is 6.04 Å². The van der Waals surface area contributed by atoms with E-state index in [2.05, 4.69) is 29.1 Å². The van der Waals surface area contributed by atoms with E-state index in [4.69, 9.17) is 0 Å². The molecule has 240 valence electrons. The number of thioether (sulfide) groups is 1. The summed E-state index contributed by atoms with van der Waals surface area (Å²) < 4.78 is -0.835. The van der Waals surface area contributed by atoms with Gasteiger partial charge in [0.15, 0.2) is 0 Å². The van der Waals surface area contributed by atoms with Crippen molar-refractivity contribution in [1.29, 1.82) is 0 Å². The third-order valence-electron chi connectivity index (χ3n) is 9.72. The second kappa shape index (κ2) is 13.5. The minimum atomic E-state index is -0.858. The van der Waals surface area contributed by atoms with Crippen LogP contribution < -0.4 is 4.90 Å². The summed E-state index contributed by atoms with van der Waals surface area (Å²) in [6, 6.07) is 14.3. The molecule has 3 aliphatic rings. The number of alkyl halides is 1. The molecule has 1 spiro atoms. The zero-order valence-corrected chi connectivity index (χ0v) is 29.0. The fourth-order valence-corrected chi connectivity index (χ4v) is 11.4. The molecule has 0 saturated carbocycles. The Hall–Kier alpha value is -2.88. The molecule has 3 unspecified atom stereocenters. The van der Waals surface area contributed by atoms with Gasteiger partial charge in [-0.1, -0.05) is 90.5 Å². The van der Waals surface area contributed by atoms with Crippen LogP contribution in [-0.4, -0.2) is 79.2 Å². The molecule has 3 saturated heterocycles. The molecule has 3 amide bonds. The van der Waals surface area contributed by atoms with Gasteiger partial charge in [-0.3, -0.25) is 14.4 Å². The van der Waals surface area contributed by atoms with E-state index in [-0.39, 0.29) is 46.9 Å². The lowest BCUT2D eigenvalue weighted by molar-refractivity contribution is -0.146. The summed E-state index contributed by atoms with van der Waals surface area (Å²) in [6.45, 7) is 16.5. The van der Waals surface area contributed by atoms with Crippen LogP contribution in [-0.2, 0) is 20.9 Å². The zero-order chi connectivity index (χ0) is 32.6. The zero-order valence-electron chi connectivity index (χ0n) is 26.6. The third kappa shape index (κ3) is 5.69. The first-order valence-electron chi connectivity index (χ1n) is 15.7. The van der Waals surface area contributed by atoms with Crippen LogP contribution in [0.3, 0.4) is 0 Å². The van der Waals surface area contributed by atoms with Crippen LogP contribution >= 0.6 is 27.7 Å². The van der Waals surface area contributed by atoms with Gasteiger partial charge in [-0.15, -0.1) is 24.9 Å². The fourth-order valence-electron chi connectivity index (χ4n) is 7.81. The van der Waals surface area contributed by atoms with Crippen molar-refractivity contribution >= 4 is 51.1 Å². The maximum atomic E-state index is 15.1. The highest BCUT2D eigenvalue weighted by molar-refractivity contribution is 9.09. The van der Waals surface area contributed by atoms with Crippen LogP contribution in [0.4, 0.5) is 5.69 Å². The van der Waals surface area contributed by atoms with Gasteiger partial charge >= 0.3 is 0 Å². The number of anilines is 1. The number of aliphatic hydroxyl groups excluding tert-OH is 1. The molecule has 0 radical (unpaired) electrons. The lowest BCUT2D eigenvalue weighted by atomic mass is 9.70. The number of para-hydroxylation sites is 1. The van der Waals surface area contributed by atoms with Gasteiger partial charge in [-0.05, 0) is 42.9 Å². The topological polar surface area (TPSA) is 81.2 Å². The highest BCUT2D eigenvalue weighted by Gasteiger charge is 2.76. The molecule has 2 aromatic rings. The molecule has 3 aliphatic heterocycles. The Bertz CT molecular complexity index is 1450. The van der Waals surface area contributed by atoms with Crippen molar-refractivity contribution in [2.24, 2.45) is 17.8 Å².